The van der Waals surface area contributed by atoms with Crippen LogP contribution >= 0.6 is 12.2 Å². The van der Waals surface area contributed by atoms with E-state index in [2.05, 4.69) is 29.6 Å². The van der Waals surface area contributed by atoms with Gasteiger partial charge >= 0.3 is 0 Å². The smallest absolute Gasteiger partial charge is 0.234 e. The van der Waals surface area contributed by atoms with Gasteiger partial charge in [-0.05, 0) is 79.6 Å². The molecule has 0 aliphatic heterocycles. The highest BCUT2D eigenvalue weighted by Gasteiger charge is 2.23. The van der Waals surface area contributed by atoms with Crippen molar-refractivity contribution >= 4 is 18.1 Å². The molecule has 2 aromatic rings. The summed E-state index contributed by atoms with van der Waals surface area (Å²) >= 11 is 5.47. The Bertz CT molecular complexity index is 807. The Kier molecular flexibility index (Phi) is 4.77. The Labute approximate surface area is 146 Å². The fourth-order valence-electron chi connectivity index (χ4n) is 2.41. The minimum absolute atomic E-state index is 0.0352. The first kappa shape index (κ1) is 16.8. The second kappa shape index (κ2) is 6.82. The van der Waals surface area contributed by atoms with Crippen LogP contribution in [0.15, 0.2) is 18.2 Å². The molecule has 1 aromatic carbocycles. The summed E-state index contributed by atoms with van der Waals surface area (Å²) in [5, 5.41) is 11.2. The van der Waals surface area contributed by atoms with Gasteiger partial charge in [0.25, 0.3) is 0 Å². The fourth-order valence-corrected chi connectivity index (χ4v) is 2.64. The van der Waals surface area contributed by atoms with E-state index >= 15 is 0 Å². The summed E-state index contributed by atoms with van der Waals surface area (Å²) in [5.41, 5.74) is 3.29. The molecule has 0 atom stereocenters. The van der Waals surface area contributed by atoms with Crippen LogP contribution in [0, 0.1) is 18.6 Å². The quantitative estimate of drug-likeness (QED) is 0.805. The van der Waals surface area contributed by atoms with Crippen molar-refractivity contribution in [2.24, 2.45) is 0 Å². The Morgan fingerprint density at radius 2 is 2.08 bits per heavy atom. The zero-order valence-corrected chi connectivity index (χ0v) is 15.0. The molecule has 0 radical (unpaired) electrons. The molecule has 128 valence electrons. The Balaban J connectivity index is 1.68. The lowest BCUT2D eigenvalue weighted by Crippen LogP contribution is -2.37. The van der Waals surface area contributed by atoms with E-state index < -0.39 is 0 Å². The van der Waals surface area contributed by atoms with E-state index in [1.165, 1.54) is 11.1 Å². The van der Waals surface area contributed by atoms with Gasteiger partial charge in [0.1, 0.15) is 0 Å². The van der Waals surface area contributed by atoms with Crippen LogP contribution in [-0.4, -0.2) is 50.2 Å². The van der Waals surface area contributed by atoms with Crippen molar-refractivity contribution in [3.63, 3.8) is 0 Å². The van der Waals surface area contributed by atoms with Gasteiger partial charge in [-0.2, -0.15) is 4.68 Å². The van der Waals surface area contributed by atoms with Crippen LogP contribution in [0.1, 0.15) is 24.0 Å². The molecule has 7 nitrogen and oxygen atoms in total. The Hall–Kier alpha value is -2.06. The lowest BCUT2D eigenvalue weighted by atomic mass is 10.1. The fraction of sp³-hybridized carbons (Fsp3) is 0.500. The van der Waals surface area contributed by atoms with Crippen LogP contribution in [-0.2, 0) is 11.5 Å². The van der Waals surface area contributed by atoms with Crippen molar-refractivity contribution in [1.82, 2.24) is 30.0 Å². The van der Waals surface area contributed by atoms with Crippen molar-refractivity contribution in [2.75, 3.05) is 13.6 Å². The topological polar surface area (TPSA) is 68.0 Å². The number of nitrogens with one attached hydrogen (secondary N) is 1. The highest BCUT2D eigenvalue weighted by atomic mass is 32.1. The number of nitrogens with zero attached hydrogens (tertiary/aromatic N) is 5. The van der Waals surface area contributed by atoms with Gasteiger partial charge in [0.05, 0.1) is 18.9 Å². The highest BCUT2D eigenvalue weighted by Crippen LogP contribution is 2.18. The van der Waals surface area contributed by atoms with Gasteiger partial charge in [-0.15, -0.1) is 0 Å². The summed E-state index contributed by atoms with van der Waals surface area (Å²) in [4.78, 5) is 13.7. The number of carbonyl (C=O) groups excluding carboxylic acids is 1. The number of aromatic nitrogens is 4. The monoisotopic (exact) mass is 346 g/mol. The second-order valence-electron chi connectivity index (χ2n) is 6.44. The summed E-state index contributed by atoms with van der Waals surface area (Å²) in [7, 11) is 1.86. The average molecular weight is 346 g/mol. The first-order valence-electron chi connectivity index (χ1n) is 8.02. The standard InChI is InChI=1S/C16H22N6OS/c1-11-4-7-14(8-12(11)2)22-16(24)21(18-19-22)10-20(3)9-15(23)17-13-5-6-13/h4,7-8,13H,5-6,9-10H2,1-3H3,(H,17,23). The molecule has 1 aliphatic carbocycles. The van der Waals surface area contributed by atoms with E-state index in [1.54, 1.807) is 9.36 Å². The van der Waals surface area contributed by atoms with Crippen molar-refractivity contribution in [1.29, 1.82) is 0 Å². The van der Waals surface area contributed by atoms with Crippen LogP contribution in [0.4, 0.5) is 0 Å². The number of hydrogen-bond acceptors (Lipinski definition) is 5. The highest BCUT2D eigenvalue weighted by molar-refractivity contribution is 7.71. The number of likely N-dealkylation sites (N-methyl/N-ethyl adjacent to an activating group) is 1. The number of carbonyl (C=O) groups is 1. The SMILES string of the molecule is Cc1ccc(-n2nnn(CN(C)CC(=O)NC3CC3)c2=S)cc1C. The third-order valence-electron chi connectivity index (χ3n) is 4.11. The summed E-state index contributed by atoms with van der Waals surface area (Å²) in [6, 6.07) is 6.43. The van der Waals surface area contributed by atoms with Gasteiger partial charge < -0.3 is 5.32 Å². The van der Waals surface area contributed by atoms with Crippen LogP contribution < -0.4 is 5.32 Å². The van der Waals surface area contributed by atoms with Crippen LogP contribution in [0.5, 0.6) is 0 Å². The molecule has 0 saturated heterocycles. The van der Waals surface area contributed by atoms with Gasteiger partial charge in [0.15, 0.2) is 0 Å². The van der Waals surface area contributed by atoms with E-state index in [9.17, 15) is 4.79 Å². The minimum atomic E-state index is 0.0352. The lowest BCUT2D eigenvalue weighted by Gasteiger charge is -2.15. The van der Waals surface area contributed by atoms with E-state index in [4.69, 9.17) is 12.2 Å². The van der Waals surface area contributed by atoms with E-state index in [0.717, 1.165) is 18.5 Å². The molecule has 1 aliphatic rings. The molecular formula is C16H22N6OS. The maximum absolute atomic E-state index is 11.8. The van der Waals surface area contributed by atoms with Crippen LogP contribution in [0.3, 0.4) is 0 Å². The summed E-state index contributed by atoms with van der Waals surface area (Å²) < 4.78 is 3.77. The van der Waals surface area contributed by atoms with E-state index in [0.29, 0.717) is 24.0 Å². The molecule has 0 spiro atoms. The maximum atomic E-state index is 11.8. The molecule has 3 rings (SSSR count). The Morgan fingerprint density at radius 1 is 1.33 bits per heavy atom. The number of hydrogen-bond donors (Lipinski definition) is 1. The molecule has 1 saturated carbocycles. The largest absolute Gasteiger partial charge is 0.352 e. The lowest BCUT2D eigenvalue weighted by molar-refractivity contribution is -0.122. The predicted molar refractivity (Wildman–Crippen MR) is 93.5 cm³/mol. The second-order valence-corrected chi connectivity index (χ2v) is 6.80. The van der Waals surface area contributed by atoms with Gasteiger partial charge in [-0.1, -0.05) is 6.07 Å². The molecule has 1 aromatic heterocycles. The summed E-state index contributed by atoms with van der Waals surface area (Å²) in [6.07, 6.45) is 2.18. The zero-order valence-electron chi connectivity index (χ0n) is 14.2. The molecule has 0 bridgehead atoms. The van der Waals surface area contributed by atoms with Crippen molar-refractivity contribution < 1.29 is 4.79 Å². The Morgan fingerprint density at radius 3 is 2.75 bits per heavy atom. The van der Waals surface area contributed by atoms with Crippen LogP contribution in [0.25, 0.3) is 5.69 Å². The first-order chi connectivity index (χ1) is 11.4. The van der Waals surface area contributed by atoms with Crippen LogP contribution in [0.2, 0.25) is 0 Å². The normalized spacial score (nSPS) is 14.2. The summed E-state index contributed by atoms with van der Waals surface area (Å²) in [5.74, 6) is 0.0352. The maximum Gasteiger partial charge on any atom is 0.234 e. The molecule has 24 heavy (non-hydrogen) atoms. The molecule has 1 amide bonds. The van der Waals surface area contributed by atoms with Gasteiger partial charge in [-0.25, -0.2) is 4.68 Å². The third kappa shape index (κ3) is 3.88. The molecule has 1 fully saturated rings. The van der Waals surface area contributed by atoms with Crippen molar-refractivity contribution in [2.45, 2.75) is 39.4 Å². The van der Waals surface area contributed by atoms with Gasteiger partial charge in [0, 0.05) is 6.04 Å². The predicted octanol–water partition coefficient (Wildman–Crippen LogP) is 1.58. The van der Waals surface area contributed by atoms with Gasteiger partial charge in [-0.3, -0.25) is 9.69 Å². The zero-order chi connectivity index (χ0) is 17.3. The molecule has 1 N–H and O–H groups in total. The van der Waals surface area contributed by atoms with Crippen molar-refractivity contribution in [3.05, 3.63) is 34.1 Å². The number of benzene rings is 1. The number of tetrazole rings is 1. The summed E-state index contributed by atoms with van der Waals surface area (Å²) in [6.45, 7) is 4.85. The molecule has 0 unspecified atom stereocenters. The minimum Gasteiger partial charge on any atom is -0.352 e. The van der Waals surface area contributed by atoms with Gasteiger partial charge in [0.2, 0.25) is 10.7 Å². The molecule has 1 heterocycles. The third-order valence-corrected chi connectivity index (χ3v) is 4.49. The number of aryl methyl sites for hydroxylation is 2. The molecular weight excluding hydrogens is 324 g/mol. The molecule has 8 heteroatoms. The van der Waals surface area contributed by atoms with E-state index in [1.807, 2.05) is 30.1 Å². The van der Waals surface area contributed by atoms with E-state index in [-0.39, 0.29) is 5.91 Å². The first-order valence-corrected chi connectivity index (χ1v) is 8.43. The average Bonchev–Trinajstić information content (AvgIpc) is 3.26. The number of amides is 1. The van der Waals surface area contributed by atoms with Crippen molar-refractivity contribution in [3.8, 4) is 5.69 Å². The number of rotatable bonds is 6.